The van der Waals surface area contributed by atoms with Gasteiger partial charge in [-0.15, -0.1) is 0 Å². The third-order valence-electron chi connectivity index (χ3n) is 3.20. The minimum Gasteiger partial charge on any atom is -0.374 e. The van der Waals surface area contributed by atoms with Crippen molar-refractivity contribution < 1.29 is 4.74 Å². The van der Waals surface area contributed by atoms with E-state index in [-0.39, 0.29) is 0 Å². The number of ether oxygens (including phenoxy) is 1. The van der Waals surface area contributed by atoms with E-state index in [2.05, 4.69) is 41.0 Å². The summed E-state index contributed by atoms with van der Waals surface area (Å²) in [6.45, 7) is 4.99. The summed E-state index contributed by atoms with van der Waals surface area (Å²) < 4.78 is 5.77. The molecule has 0 bridgehead atoms. The molecule has 0 radical (unpaired) electrons. The third kappa shape index (κ3) is 4.37. The summed E-state index contributed by atoms with van der Waals surface area (Å²) in [5.41, 5.74) is 1.17. The molecular weight excluding hydrogens is 226 g/mol. The normalized spacial score (nSPS) is 21.4. The number of hydrogen-bond acceptors (Lipinski definition) is 4. The van der Waals surface area contributed by atoms with E-state index in [1.807, 2.05) is 12.3 Å². The Morgan fingerprint density at radius 2 is 2.33 bits per heavy atom. The highest BCUT2D eigenvalue weighted by Gasteiger charge is 2.20. The number of pyridine rings is 1. The van der Waals surface area contributed by atoms with Crippen LogP contribution in [-0.4, -0.2) is 67.8 Å². The van der Waals surface area contributed by atoms with Crippen LogP contribution in [-0.2, 0) is 11.2 Å². The van der Waals surface area contributed by atoms with Gasteiger partial charge in [-0.2, -0.15) is 0 Å². The molecule has 0 N–H and O–H groups in total. The van der Waals surface area contributed by atoms with Gasteiger partial charge in [0.1, 0.15) is 0 Å². The van der Waals surface area contributed by atoms with Gasteiger partial charge in [0.15, 0.2) is 0 Å². The molecule has 1 aromatic heterocycles. The van der Waals surface area contributed by atoms with E-state index in [9.17, 15) is 0 Å². The van der Waals surface area contributed by atoms with Crippen molar-refractivity contribution in [3.05, 3.63) is 30.1 Å². The van der Waals surface area contributed by atoms with E-state index in [1.54, 1.807) is 0 Å². The van der Waals surface area contributed by atoms with Crippen molar-refractivity contribution in [1.29, 1.82) is 0 Å². The standard InChI is InChI=1S/C14H23N3O/c1-16(2)11-14-12-17(9-10-18-14)8-6-13-5-3-4-7-15-13/h3-5,7,14H,6,8-12H2,1-2H3/t14-/m1/s1. The van der Waals surface area contributed by atoms with Gasteiger partial charge in [-0.3, -0.25) is 9.88 Å². The molecule has 18 heavy (non-hydrogen) atoms. The van der Waals surface area contributed by atoms with Gasteiger partial charge in [0.2, 0.25) is 0 Å². The fourth-order valence-electron chi connectivity index (χ4n) is 2.32. The van der Waals surface area contributed by atoms with Gasteiger partial charge in [0, 0.05) is 44.5 Å². The second-order valence-corrected chi connectivity index (χ2v) is 5.13. The molecule has 4 nitrogen and oxygen atoms in total. The predicted octanol–water partition coefficient (Wildman–Crippen LogP) is 0.886. The SMILES string of the molecule is CN(C)C[C@@H]1CN(CCc2ccccn2)CCO1. The van der Waals surface area contributed by atoms with Gasteiger partial charge >= 0.3 is 0 Å². The van der Waals surface area contributed by atoms with E-state index in [0.29, 0.717) is 6.10 Å². The predicted molar refractivity (Wildman–Crippen MR) is 72.7 cm³/mol. The van der Waals surface area contributed by atoms with E-state index in [0.717, 1.165) is 39.2 Å². The largest absolute Gasteiger partial charge is 0.374 e. The van der Waals surface area contributed by atoms with Gasteiger partial charge in [0.05, 0.1) is 12.7 Å². The Bertz CT molecular complexity index is 342. The maximum absolute atomic E-state index is 5.77. The molecule has 1 aliphatic heterocycles. The second kappa shape index (κ2) is 6.83. The van der Waals surface area contributed by atoms with Crippen molar-refractivity contribution >= 4 is 0 Å². The van der Waals surface area contributed by atoms with Gasteiger partial charge in [-0.05, 0) is 26.2 Å². The van der Waals surface area contributed by atoms with Crippen LogP contribution >= 0.6 is 0 Å². The quantitative estimate of drug-likeness (QED) is 0.775. The highest BCUT2D eigenvalue weighted by atomic mass is 16.5. The number of likely N-dealkylation sites (N-methyl/N-ethyl adjacent to an activating group) is 1. The average molecular weight is 249 g/mol. The molecule has 0 amide bonds. The minimum absolute atomic E-state index is 0.345. The van der Waals surface area contributed by atoms with Crippen molar-refractivity contribution in [3.63, 3.8) is 0 Å². The molecule has 100 valence electrons. The molecule has 2 heterocycles. The average Bonchev–Trinajstić information content (AvgIpc) is 2.37. The molecule has 0 saturated carbocycles. The molecule has 1 aliphatic rings. The van der Waals surface area contributed by atoms with Crippen LogP contribution in [0.3, 0.4) is 0 Å². The highest BCUT2D eigenvalue weighted by Crippen LogP contribution is 2.07. The zero-order chi connectivity index (χ0) is 12.8. The maximum atomic E-state index is 5.77. The van der Waals surface area contributed by atoms with Crippen LogP contribution in [0, 0.1) is 0 Å². The van der Waals surface area contributed by atoms with Crippen LogP contribution < -0.4 is 0 Å². The molecule has 1 atom stereocenters. The number of aromatic nitrogens is 1. The van der Waals surface area contributed by atoms with Gasteiger partial charge < -0.3 is 9.64 Å². The Kier molecular flexibility index (Phi) is 5.11. The van der Waals surface area contributed by atoms with Crippen LogP contribution in [0.15, 0.2) is 24.4 Å². The first-order chi connectivity index (χ1) is 8.74. The minimum atomic E-state index is 0.345. The van der Waals surface area contributed by atoms with Crippen LogP contribution in [0.1, 0.15) is 5.69 Å². The molecular formula is C14H23N3O. The third-order valence-corrected chi connectivity index (χ3v) is 3.20. The van der Waals surface area contributed by atoms with Crippen molar-refractivity contribution in [2.24, 2.45) is 0 Å². The first kappa shape index (κ1) is 13.5. The van der Waals surface area contributed by atoms with Crippen molar-refractivity contribution in [1.82, 2.24) is 14.8 Å². The summed E-state index contributed by atoms with van der Waals surface area (Å²) in [5.74, 6) is 0. The van der Waals surface area contributed by atoms with Crippen molar-refractivity contribution in [3.8, 4) is 0 Å². The smallest absolute Gasteiger partial charge is 0.0829 e. The molecule has 2 rings (SSSR count). The number of morpholine rings is 1. The van der Waals surface area contributed by atoms with E-state index in [4.69, 9.17) is 4.74 Å². The van der Waals surface area contributed by atoms with Crippen LogP contribution in [0.2, 0.25) is 0 Å². The Morgan fingerprint density at radius 1 is 1.44 bits per heavy atom. The Hall–Kier alpha value is -0.970. The Labute approximate surface area is 110 Å². The zero-order valence-corrected chi connectivity index (χ0v) is 11.4. The summed E-state index contributed by atoms with van der Waals surface area (Å²) in [6, 6.07) is 6.11. The lowest BCUT2D eigenvalue weighted by Crippen LogP contribution is -2.46. The fourth-order valence-corrected chi connectivity index (χ4v) is 2.32. The molecule has 0 unspecified atom stereocenters. The van der Waals surface area contributed by atoms with Crippen LogP contribution in [0.4, 0.5) is 0 Å². The number of hydrogen-bond donors (Lipinski definition) is 0. The summed E-state index contributed by atoms with van der Waals surface area (Å²) in [5, 5.41) is 0. The van der Waals surface area contributed by atoms with Gasteiger partial charge in [-0.25, -0.2) is 0 Å². The van der Waals surface area contributed by atoms with E-state index in [1.165, 1.54) is 5.69 Å². The van der Waals surface area contributed by atoms with E-state index >= 15 is 0 Å². The first-order valence-corrected chi connectivity index (χ1v) is 6.62. The molecule has 0 aromatic carbocycles. The summed E-state index contributed by atoms with van der Waals surface area (Å²) in [7, 11) is 4.19. The van der Waals surface area contributed by atoms with E-state index < -0.39 is 0 Å². The molecule has 0 spiro atoms. The molecule has 0 aliphatic carbocycles. The first-order valence-electron chi connectivity index (χ1n) is 6.62. The molecule has 1 aromatic rings. The molecule has 1 fully saturated rings. The summed E-state index contributed by atoms with van der Waals surface area (Å²) in [6.07, 6.45) is 3.23. The van der Waals surface area contributed by atoms with Crippen molar-refractivity contribution in [2.45, 2.75) is 12.5 Å². The molecule has 1 saturated heterocycles. The number of rotatable bonds is 5. The zero-order valence-electron chi connectivity index (χ0n) is 11.4. The monoisotopic (exact) mass is 249 g/mol. The lowest BCUT2D eigenvalue weighted by Gasteiger charge is -2.34. The number of nitrogens with zero attached hydrogens (tertiary/aromatic N) is 3. The Morgan fingerprint density at radius 3 is 3.06 bits per heavy atom. The molecule has 4 heteroatoms. The lowest BCUT2D eigenvalue weighted by molar-refractivity contribution is -0.0376. The Balaban J connectivity index is 1.76. The highest BCUT2D eigenvalue weighted by molar-refractivity contribution is 5.03. The van der Waals surface area contributed by atoms with Crippen LogP contribution in [0.5, 0.6) is 0 Å². The topological polar surface area (TPSA) is 28.6 Å². The maximum Gasteiger partial charge on any atom is 0.0829 e. The fraction of sp³-hybridized carbons (Fsp3) is 0.643. The van der Waals surface area contributed by atoms with Crippen molar-refractivity contribution in [2.75, 3.05) is 46.9 Å². The lowest BCUT2D eigenvalue weighted by atomic mass is 10.2. The van der Waals surface area contributed by atoms with Gasteiger partial charge in [-0.1, -0.05) is 6.07 Å². The second-order valence-electron chi connectivity index (χ2n) is 5.13. The summed E-state index contributed by atoms with van der Waals surface area (Å²) in [4.78, 5) is 9.03. The summed E-state index contributed by atoms with van der Waals surface area (Å²) >= 11 is 0. The van der Waals surface area contributed by atoms with Crippen LogP contribution in [0.25, 0.3) is 0 Å². The van der Waals surface area contributed by atoms with Gasteiger partial charge in [0.25, 0.3) is 0 Å².